The highest BCUT2D eigenvalue weighted by Gasteiger charge is 2.32. The lowest BCUT2D eigenvalue weighted by Gasteiger charge is -2.16. The van der Waals surface area contributed by atoms with Gasteiger partial charge in [-0.3, -0.25) is 0 Å². The number of ether oxygens (including phenoxy) is 1. The molecule has 0 radical (unpaired) electrons. The second-order valence-corrected chi connectivity index (χ2v) is 9.36. The number of carboxylic acid groups (broad SMARTS) is 1. The molecule has 0 saturated heterocycles. The van der Waals surface area contributed by atoms with Crippen molar-refractivity contribution >= 4 is 22.8 Å². The number of aromatic hydroxyl groups is 1. The van der Waals surface area contributed by atoms with Crippen molar-refractivity contribution in [1.29, 1.82) is 0 Å². The van der Waals surface area contributed by atoms with E-state index >= 15 is 0 Å². The minimum absolute atomic E-state index is 0.0258. The standard InChI is InChI=1S/C29H25F3N2O5/c1-2-39-28(38)23-20(14-7-16-5-12-19(13-6-16)29(30,31)32)33-25-21-4-3-15-34(21)26(35)24(25)22(23)17-8-10-18(11-9-17)27(36)37/h5-6,8-13,35H,2-4,7,14-15H2,1H3,(H,36,37). The lowest BCUT2D eigenvalue weighted by Crippen LogP contribution is -2.13. The van der Waals surface area contributed by atoms with Crippen molar-refractivity contribution < 1.29 is 37.7 Å². The number of alkyl halides is 3. The molecule has 1 aliphatic rings. The van der Waals surface area contributed by atoms with Crippen LogP contribution in [0.2, 0.25) is 0 Å². The van der Waals surface area contributed by atoms with Crippen molar-refractivity contribution in [3.63, 3.8) is 0 Å². The topological polar surface area (TPSA) is 102 Å². The molecule has 0 fully saturated rings. The summed E-state index contributed by atoms with van der Waals surface area (Å²) >= 11 is 0. The largest absolute Gasteiger partial charge is 0.494 e. The van der Waals surface area contributed by atoms with E-state index in [2.05, 4.69) is 0 Å². The van der Waals surface area contributed by atoms with E-state index in [0.29, 0.717) is 52.7 Å². The van der Waals surface area contributed by atoms with Gasteiger partial charge in [-0.2, -0.15) is 13.2 Å². The number of aromatic nitrogens is 2. The minimum atomic E-state index is -4.44. The molecule has 202 valence electrons. The second kappa shape index (κ2) is 10.1. The Balaban J connectivity index is 1.68. The Kier molecular flexibility index (Phi) is 6.80. The molecule has 2 N–H and O–H groups in total. The SMILES string of the molecule is CCOC(=O)c1c(CCc2ccc(C(F)(F)F)cc2)nc2c3n(c(O)c2c1-c1ccc(C(=O)O)cc1)CCC3. The summed E-state index contributed by atoms with van der Waals surface area (Å²) in [5.41, 5.74) is 2.74. The molecule has 0 aliphatic carbocycles. The van der Waals surface area contributed by atoms with Crippen LogP contribution in [0.4, 0.5) is 13.2 Å². The van der Waals surface area contributed by atoms with Gasteiger partial charge in [-0.05, 0) is 68.0 Å². The van der Waals surface area contributed by atoms with E-state index in [4.69, 9.17) is 9.72 Å². The van der Waals surface area contributed by atoms with Crippen molar-refractivity contribution in [2.75, 3.05) is 6.61 Å². The summed E-state index contributed by atoms with van der Waals surface area (Å²) in [7, 11) is 0. The molecule has 10 heteroatoms. The first-order chi connectivity index (χ1) is 18.6. The predicted octanol–water partition coefficient (Wildman–Crippen LogP) is 6.03. The monoisotopic (exact) mass is 538 g/mol. The quantitative estimate of drug-likeness (QED) is 0.279. The van der Waals surface area contributed by atoms with Gasteiger partial charge in [0.2, 0.25) is 5.88 Å². The lowest BCUT2D eigenvalue weighted by molar-refractivity contribution is -0.137. The minimum Gasteiger partial charge on any atom is -0.494 e. The fourth-order valence-corrected chi connectivity index (χ4v) is 5.15. The Morgan fingerprint density at radius 3 is 2.36 bits per heavy atom. The molecule has 4 aromatic rings. The van der Waals surface area contributed by atoms with E-state index < -0.39 is 23.7 Å². The molecule has 1 aliphatic heterocycles. The van der Waals surface area contributed by atoms with Gasteiger partial charge in [-0.1, -0.05) is 24.3 Å². The van der Waals surface area contributed by atoms with Crippen LogP contribution in [-0.2, 0) is 36.7 Å². The van der Waals surface area contributed by atoms with E-state index in [0.717, 1.165) is 24.2 Å². The van der Waals surface area contributed by atoms with Gasteiger partial charge < -0.3 is 19.5 Å². The van der Waals surface area contributed by atoms with Crippen LogP contribution in [0.5, 0.6) is 5.88 Å². The molecule has 39 heavy (non-hydrogen) atoms. The molecule has 2 aromatic heterocycles. The molecular formula is C29H25F3N2O5. The number of halogens is 3. The lowest BCUT2D eigenvalue weighted by atomic mass is 9.92. The van der Waals surface area contributed by atoms with Crippen LogP contribution in [0.1, 0.15) is 56.6 Å². The Labute approximate surface area is 221 Å². The average Bonchev–Trinajstić information content (AvgIpc) is 3.49. The first-order valence-corrected chi connectivity index (χ1v) is 12.5. The zero-order valence-electron chi connectivity index (χ0n) is 21.0. The van der Waals surface area contributed by atoms with Crippen molar-refractivity contribution in [2.24, 2.45) is 0 Å². The number of carboxylic acids is 1. The van der Waals surface area contributed by atoms with E-state index in [9.17, 15) is 33.0 Å². The van der Waals surface area contributed by atoms with Crippen LogP contribution in [0, 0.1) is 0 Å². The summed E-state index contributed by atoms with van der Waals surface area (Å²) in [6, 6.07) is 10.8. The van der Waals surface area contributed by atoms with E-state index in [-0.39, 0.29) is 30.0 Å². The Bertz CT molecular complexity index is 1570. The molecule has 7 nitrogen and oxygen atoms in total. The van der Waals surface area contributed by atoms with Crippen LogP contribution in [0.3, 0.4) is 0 Å². The van der Waals surface area contributed by atoms with Gasteiger partial charge in [-0.25, -0.2) is 14.6 Å². The Hall–Kier alpha value is -4.34. The number of hydrogen-bond donors (Lipinski definition) is 2. The highest BCUT2D eigenvalue weighted by molar-refractivity contribution is 6.10. The number of fused-ring (bicyclic) bond motifs is 3. The van der Waals surface area contributed by atoms with Gasteiger partial charge in [0.1, 0.15) is 0 Å². The first kappa shape index (κ1) is 26.3. The number of aryl methyl sites for hydroxylation is 3. The number of hydrogen-bond acceptors (Lipinski definition) is 5. The summed E-state index contributed by atoms with van der Waals surface area (Å²) in [5.74, 6) is -1.78. The highest BCUT2D eigenvalue weighted by atomic mass is 19.4. The number of rotatable bonds is 7. The maximum Gasteiger partial charge on any atom is 0.416 e. The number of aromatic carboxylic acids is 1. The van der Waals surface area contributed by atoms with Crippen molar-refractivity contribution in [1.82, 2.24) is 9.55 Å². The van der Waals surface area contributed by atoms with Gasteiger partial charge >= 0.3 is 18.1 Å². The van der Waals surface area contributed by atoms with Crippen molar-refractivity contribution in [3.05, 3.63) is 82.2 Å². The number of carbonyl (C=O) groups excluding carboxylic acids is 1. The van der Waals surface area contributed by atoms with Crippen molar-refractivity contribution in [3.8, 4) is 17.0 Å². The number of nitrogens with zero attached hydrogens (tertiary/aromatic N) is 2. The molecule has 0 spiro atoms. The van der Waals surface area contributed by atoms with Gasteiger partial charge in [-0.15, -0.1) is 0 Å². The van der Waals surface area contributed by atoms with Gasteiger partial charge in [0.25, 0.3) is 0 Å². The molecule has 3 heterocycles. The predicted molar refractivity (Wildman–Crippen MR) is 137 cm³/mol. The summed E-state index contributed by atoms with van der Waals surface area (Å²) < 4.78 is 46.2. The van der Waals surface area contributed by atoms with Gasteiger partial charge in [0.15, 0.2) is 0 Å². The van der Waals surface area contributed by atoms with Crippen LogP contribution >= 0.6 is 0 Å². The van der Waals surface area contributed by atoms with Crippen LogP contribution < -0.4 is 0 Å². The number of esters is 1. The number of carbonyl (C=O) groups is 2. The third-order valence-electron chi connectivity index (χ3n) is 6.98. The second-order valence-electron chi connectivity index (χ2n) is 9.36. The Morgan fingerprint density at radius 1 is 1.05 bits per heavy atom. The molecule has 0 atom stereocenters. The summed E-state index contributed by atoms with van der Waals surface area (Å²) in [4.78, 5) is 29.6. The average molecular weight is 539 g/mol. The van der Waals surface area contributed by atoms with Crippen LogP contribution in [-0.4, -0.2) is 38.3 Å². The molecule has 0 saturated carbocycles. The summed E-state index contributed by atoms with van der Waals surface area (Å²) in [6.45, 7) is 2.34. The molecule has 2 aromatic carbocycles. The third-order valence-corrected chi connectivity index (χ3v) is 6.98. The molecule has 5 rings (SSSR count). The van der Waals surface area contributed by atoms with Crippen molar-refractivity contribution in [2.45, 2.75) is 45.3 Å². The van der Waals surface area contributed by atoms with Gasteiger partial charge in [0.05, 0.1) is 39.9 Å². The number of benzene rings is 2. The third kappa shape index (κ3) is 4.82. The first-order valence-electron chi connectivity index (χ1n) is 12.5. The van der Waals surface area contributed by atoms with E-state index in [1.54, 1.807) is 23.6 Å². The normalized spacial score (nSPS) is 13.0. The maximum absolute atomic E-state index is 13.4. The molecular weight excluding hydrogens is 513 g/mol. The molecule has 0 amide bonds. The fourth-order valence-electron chi connectivity index (χ4n) is 5.15. The van der Waals surface area contributed by atoms with E-state index in [1.165, 1.54) is 24.3 Å². The Morgan fingerprint density at radius 2 is 1.74 bits per heavy atom. The van der Waals surface area contributed by atoms with Crippen LogP contribution in [0.25, 0.3) is 22.0 Å². The molecule has 0 unspecified atom stereocenters. The highest BCUT2D eigenvalue weighted by Crippen LogP contribution is 2.44. The van der Waals surface area contributed by atoms with E-state index in [1.807, 2.05) is 0 Å². The fraction of sp³-hybridized carbons (Fsp3) is 0.276. The summed E-state index contributed by atoms with van der Waals surface area (Å²) in [5, 5.41) is 20.9. The van der Waals surface area contributed by atoms with Crippen LogP contribution in [0.15, 0.2) is 48.5 Å². The number of pyridine rings is 1. The van der Waals surface area contributed by atoms with Gasteiger partial charge in [0, 0.05) is 17.8 Å². The maximum atomic E-state index is 13.4. The summed E-state index contributed by atoms with van der Waals surface area (Å²) in [6.07, 6.45) is -2.41. The molecule has 0 bridgehead atoms. The smallest absolute Gasteiger partial charge is 0.416 e. The zero-order valence-corrected chi connectivity index (χ0v) is 21.0. The zero-order chi connectivity index (χ0) is 27.9.